The molecule has 3 aliphatic rings. The number of aromatic amines is 1. The average Bonchev–Trinajstić information content (AvgIpc) is 3.93. The van der Waals surface area contributed by atoms with Crippen LogP contribution in [-0.4, -0.2) is 73.6 Å². The maximum absolute atomic E-state index is 13.3. The van der Waals surface area contributed by atoms with E-state index in [1.165, 1.54) is 17.5 Å². The standard InChI is InChI=1S/C43H54N4O6S/c1-7-15-34(48)42(3,4)36-21-13-18-29-25-28(29)17-9-11-23-38-44-26-32(46-38)40(50)52-37(43(5,6)35(49)16-8-2)22-14-20-31-30(45-31)19-10-12-24-39-47-33(27-54-39)41(51)53-36/h7-20,23-24,26-31,34-37,45,48-49H,21-22,25H2,1-6H3,(H,44,46)/b15-7+,16-8+,17-9+,18-13-,19-10+,20-14-,23-11-,24-12-/t28-,29?,30+,31-,34+,35+,36+,37+/m1/s1. The number of carbonyl (C=O) groups is 2. The molecule has 2 aromatic heterocycles. The first-order chi connectivity index (χ1) is 25.8. The van der Waals surface area contributed by atoms with Crippen LogP contribution in [0, 0.1) is 22.7 Å². The number of hydrogen-bond acceptors (Lipinski definition) is 10. The van der Waals surface area contributed by atoms with Gasteiger partial charge in [0, 0.05) is 47.3 Å². The Balaban J connectivity index is 1.35. The molecule has 8 atom stereocenters. The van der Waals surface area contributed by atoms with Crippen LogP contribution in [0.15, 0.2) is 96.6 Å². The van der Waals surface area contributed by atoms with Crippen molar-refractivity contribution < 1.29 is 29.3 Å². The van der Waals surface area contributed by atoms with Crippen molar-refractivity contribution in [2.24, 2.45) is 22.7 Å². The molecule has 1 saturated carbocycles. The number of aliphatic hydroxyl groups excluding tert-OH is 2. The fraction of sp³-hybridized carbons (Fsp3) is 0.442. The zero-order valence-corrected chi connectivity index (χ0v) is 32.8. The van der Waals surface area contributed by atoms with Crippen LogP contribution in [-0.2, 0) is 9.47 Å². The van der Waals surface area contributed by atoms with Crippen molar-refractivity contribution in [3.8, 4) is 0 Å². The number of carbonyl (C=O) groups excluding carboxylic acids is 2. The number of fused-ring (bicyclic) bond motifs is 6. The number of hydrogen-bond donors (Lipinski definition) is 4. The van der Waals surface area contributed by atoms with Crippen LogP contribution in [0.2, 0.25) is 0 Å². The quantitative estimate of drug-likeness (QED) is 0.133. The van der Waals surface area contributed by atoms with Crippen LogP contribution in [0.25, 0.3) is 12.2 Å². The van der Waals surface area contributed by atoms with E-state index >= 15 is 0 Å². The Morgan fingerprint density at radius 1 is 0.778 bits per heavy atom. The highest BCUT2D eigenvalue weighted by Gasteiger charge is 2.40. The number of aromatic nitrogens is 3. The Hall–Kier alpha value is -4.42. The number of aliphatic hydroxyl groups is 2. The molecule has 0 amide bonds. The molecule has 11 heteroatoms. The SMILES string of the molecule is C/C=C/[C@H](O)C(C)(C)[C@@H]1C/C=C\[C@H]2N[C@H]2/C=C/C=C\c2nc(cs2)C(=O)O[C@H](C(C)(C)[C@@H](O)/C=C/C)C/C=C\C2C[C@H]2/C=C/C=C\c2nc(c[nH]2)C(=O)O1. The molecule has 4 bridgehead atoms. The molecule has 4 heterocycles. The predicted molar refractivity (Wildman–Crippen MR) is 214 cm³/mol. The maximum atomic E-state index is 13.3. The molecule has 288 valence electrons. The largest absolute Gasteiger partial charge is 0.457 e. The molecule has 0 radical (unpaired) electrons. The summed E-state index contributed by atoms with van der Waals surface area (Å²) in [5, 5.41) is 27.6. The number of esters is 2. The third kappa shape index (κ3) is 10.8. The second-order valence-electron chi connectivity index (χ2n) is 15.2. The summed E-state index contributed by atoms with van der Waals surface area (Å²) in [6.45, 7) is 11.3. The lowest BCUT2D eigenvalue weighted by Gasteiger charge is -2.36. The van der Waals surface area contributed by atoms with E-state index in [1.807, 2.05) is 96.2 Å². The van der Waals surface area contributed by atoms with Crippen LogP contribution < -0.4 is 5.32 Å². The van der Waals surface area contributed by atoms with Gasteiger partial charge >= 0.3 is 11.9 Å². The van der Waals surface area contributed by atoms with Gasteiger partial charge in [0.2, 0.25) is 0 Å². The van der Waals surface area contributed by atoms with Gasteiger partial charge in [-0.3, -0.25) is 0 Å². The van der Waals surface area contributed by atoms with Gasteiger partial charge in [0.25, 0.3) is 0 Å². The molecular weight excluding hydrogens is 701 g/mol. The molecule has 1 aliphatic carbocycles. The number of allylic oxidation sites excluding steroid dienone is 8. The summed E-state index contributed by atoms with van der Waals surface area (Å²) in [7, 11) is 0. The molecule has 4 N–H and O–H groups in total. The topological polar surface area (TPSA) is 157 Å². The van der Waals surface area contributed by atoms with E-state index in [0.29, 0.717) is 35.5 Å². The Labute approximate surface area is 322 Å². The zero-order valence-electron chi connectivity index (χ0n) is 32.0. The summed E-state index contributed by atoms with van der Waals surface area (Å²) in [4.78, 5) is 38.6. The van der Waals surface area contributed by atoms with Gasteiger partial charge in [-0.2, -0.15) is 0 Å². The van der Waals surface area contributed by atoms with Gasteiger partial charge in [0.1, 0.15) is 23.0 Å². The summed E-state index contributed by atoms with van der Waals surface area (Å²) < 4.78 is 12.0. The number of imidazole rings is 1. The molecule has 2 fully saturated rings. The molecular formula is C43H54N4O6S. The number of nitrogens with zero attached hydrogens (tertiary/aromatic N) is 2. The molecule has 2 aliphatic heterocycles. The Morgan fingerprint density at radius 3 is 2.02 bits per heavy atom. The number of thiazole rings is 1. The van der Waals surface area contributed by atoms with Gasteiger partial charge in [0.05, 0.1) is 12.2 Å². The third-order valence-corrected chi connectivity index (χ3v) is 11.2. The van der Waals surface area contributed by atoms with E-state index in [9.17, 15) is 19.8 Å². The first kappa shape index (κ1) is 40.8. The van der Waals surface area contributed by atoms with Crippen LogP contribution in [0.4, 0.5) is 0 Å². The Morgan fingerprint density at radius 2 is 1.35 bits per heavy atom. The monoisotopic (exact) mass is 754 g/mol. The molecule has 54 heavy (non-hydrogen) atoms. The van der Waals surface area contributed by atoms with Crippen molar-refractivity contribution in [3.05, 3.63) is 119 Å². The van der Waals surface area contributed by atoms with Crippen LogP contribution in [0.3, 0.4) is 0 Å². The average molecular weight is 755 g/mol. The zero-order chi connectivity index (χ0) is 38.9. The maximum Gasteiger partial charge on any atom is 0.358 e. The van der Waals surface area contributed by atoms with Gasteiger partial charge in [0.15, 0.2) is 11.4 Å². The second kappa shape index (κ2) is 18.3. The first-order valence-corrected chi connectivity index (χ1v) is 19.5. The van der Waals surface area contributed by atoms with Crippen molar-refractivity contribution >= 4 is 35.4 Å². The number of cyclic esters (lactones) is 2. The minimum atomic E-state index is -0.824. The third-order valence-electron chi connectivity index (χ3n) is 10.3. The minimum Gasteiger partial charge on any atom is -0.457 e. The number of rotatable bonds is 6. The van der Waals surface area contributed by atoms with Crippen molar-refractivity contribution in [2.45, 2.75) is 97.3 Å². The van der Waals surface area contributed by atoms with Gasteiger partial charge in [-0.1, -0.05) is 113 Å². The van der Waals surface area contributed by atoms with Gasteiger partial charge in [-0.25, -0.2) is 19.6 Å². The highest BCUT2D eigenvalue weighted by molar-refractivity contribution is 7.10. The second-order valence-corrected chi connectivity index (χ2v) is 16.1. The lowest BCUT2D eigenvalue weighted by Crippen LogP contribution is -2.42. The first-order valence-electron chi connectivity index (χ1n) is 18.7. The number of H-pyrrole nitrogens is 1. The van der Waals surface area contributed by atoms with E-state index < -0.39 is 47.2 Å². The van der Waals surface area contributed by atoms with Gasteiger partial charge < -0.3 is 30.0 Å². The van der Waals surface area contributed by atoms with Crippen LogP contribution >= 0.6 is 11.3 Å². The van der Waals surface area contributed by atoms with E-state index in [-0.39, 0.29) is 23.5 Å². The lowest BCUT2D eigenvalue weighted by molar-refractivity contribution is -0.0461. The highest BCUT2D eigenvalue weighted by Crippen LogP contribution is 2.41. The van der Waals surface area contributed by atoms with Crippen molar-refractivity contribution in [3.63, 3.8) is 0 Å². The fourth-order valence-electron chi connectivity index (χ4n) is 6.21. The summed E-state index contributed by atoms with van der Waals surface area (Å²) >= 11 is 1.36. The predicted octanol–water partition coefficient (Wildman–Crippen LogP) is 7.57. The summed E-state index contributed by atoms with van der Waals surface area (Å²) in [5.41, 5.74) is -1.12. The number of ether oxygens (including phenoxy) is 2. The van der Waals surface area contributed by atoms with Crippen molar-refractivity contribution in [1.82, 2.24) is 20.3 Å². The van der Waals surface area contributed by atoms with Gasteiger partial charge in [-0.15, -0.1) is 11.3 Å². The van der Waals surface area contributed by atoms with Gasteiger partial charge in [-0.05, 0) is 44.3 Å². The van der Waals surface area contributed by atoms with E-state index in [1.54, 1.807) is 35.8 Å². The molecule has 10 nitrogen and oxygen atoms in total. The molecule has 5 rings (SSSR count). The Bertz CT molecular complexity index is 1710. The van der Waals surface area contributed by atoms with E-state index in [4.69, 9.17) is 9.47 Å². The summed E-state index contributed by atoms with van der Waals surface area (Å²) in [5.74, 6) is 0.183. The number of nitrogens with one attached hydrogen (secondary N) is 2. The smallest absolute Gasteiger partial charge is 0.358 e. The highest BCUT2D eigenvalue weighted by atomic mass is 32.1. The Kier molecular flexibility index (Phi) is 13.8. The summed E-state index contributed by atoms with van der Waals surface area (Å²) in [6, 6.07) is 0.258. The van der Waals surface area contributed by atoms with Crippen molar-refractivity contribution in [1.29, 1.82) is 0 Å². The summed E-state index contributed by atoms with van der Waals surface area (Å²) in [6.07, 6.45) is 31.3. The fourth-order valence-corrected chi connectivity index (χ4v) is 6.90. The van der Waals surface area contributed by atoms with E-state index in [2.05, 4.69) is 32.4 Å². The van der Waals surface area contributed by atoms with Crippen molar-refractivity contribution in [2.75, 3.05) is 0 Å². The lowest BCUT2D eigenvalue weighted by atomic mass is 9.79. The minimum absolute atomic E-state index is 0.120. The van der Waals surface area contributed by atoms with Crippen LogP contribution in [0.1, 0.15) is 92.6 Å². The molecule has 1 saturated heterocycles. The molecule has 2 aromatic rings. The molecule has 0 aromatic carbocycles. The molecule has 0 spiro atoms. The van der Waals surface area contributed by atoms with Crippen LogP contribution in [0.5, 0.6) is 0 Å². The van der Waals surface area contributed by atoms with E-state index in [0.717, 1.165) is 6.42 Å². The molecule has 1 unspecified atom stereocenters. The normalized spacial score (nSPS) is 30.5.